The smallest absolute Gasteiger partial charge is 0.147 e. The average molecular weight is 288 g/mol. The van der Waals surface area contributed by atoms with Crippen molar-refractivity contribution in [2.24, 2.45) is 5.73 Å². The molecule has 3 nitrogen and oxygen atoms in total. The Morgan fingerprint density at radius 2 is 2.05 bits per heavy atom. The number of hydrogen-bond donors (Lipinski definition) is 1. The predicted octanol–water partition coefficient (Wildman–Crippen LogP) is 3.44. The topological polar surface area (TPSA) is 59.0 Å². The molecule has 0 radical (unpaired) electrons. The third-order valence-corrected chi connectivity index (χ3v) is 3.06. The van der Waals surface area contributed by atoms with Gasteiger partial charge in [0.15, 0.2) is 0 Å². The summed E-state index contributed by atoms with van der Waals surface area (Å²) in [6.07, 6.45) is 0. The number of benzene rings is 2. The molecule has 0 amide bonds. The summed E-state index contributed by atoms with van der Waals surface area (Å²) in [6.45, 7) is 1.60. The minimum absolute atomic E-state index is 0.0467. The van der Waals surface area contributed by atoms with Gasteiger partial charge in [-0.15, -0.1) is 0 Å². The fourth-order valence-corrected chi connectivity index (χ4v) is 1.91. The number of nitriles is 1. The number of rotatable bonds is 4. The van der Waals surface area contributed by atoms with Gasteiger partial charge in [-0.25, -0.2) is 8.78 Å². The fraction of sp³-hybridized carbons (Fsp3) is 0.188. The standard InChI is InChI=1S/C16H14F2N2O/c1-10(20)14-6-5-13(7-15(14)17)21-9-12-4-2-3-11(8-19)16(12)18/h2-7,10H,9,20H2,1H3/t10-/m1/s1. The highest BCUT2D eigenvalue weighted by Crippen LogP contribution is 2.22. The first kappa shape index (κ1) is 14.9. The van der Waals surface area contributed by atoms with E-state index >= 15 is 0 Å². The molecule has 2 rings (SSSR count). The molecule has 0 unspecified atom stereocenters. The normalized spacial score (nSPS) is 11.8. The predicted molar refractivity (Wildman–Crippen MR) is 74.4 cm³/mol. The molecule has 2 N–H and O–H groups in total. The minimum Gasteiger partial charge on any atom is -0.489 e. The second-order valence-electron chi connectivity index (χ2n) is 4.65. The Kier molecular flexibility index (Phi) is 4.51. The van der Waals surface area contributed by atoms with Crippen molar-refractivity contribution in [3.8, 4) is 11.8 Å². The molecule has 5 heteroatoms. The van der Waals surface area contributed by atoms with Gasteiger partial charge < -0.3 is 10.5 Å². The lowest BCUT2D eigenvalue weighted by atomic mass is 10.1. The van der Waals surface area contributed by atoms with Crippen LogP contribution in [-0.2, 0) is 6.61 Å². The molecule has 2 aromatic rings. The first-order valence-corrected chi connectivity index (χ1v) is 6.38. The van der Waals surface area contributed by atoms with Crippen LogP contribution in [-0.4, -0.2) is 0 Å². The van der Waals surface area contributed by atoms with Crippen LogP contribution in [0.15, 0.2) is 36.4 Å². The maximum atomic E-state index is 13.8. The molecule has 0 heterocycles. The van der Waals surface area contributed by atoms with Crippen LogP contribution in [0.25, 0.3) is 0 Å². The maximum absolute atomic E-state index is 13.8. The largest absolute Gasteiger partial charge is 0.489 e. The van der Waals surface area contributed by atoms with Crippen LogP contribution in [0.2, 0.25) is 0 Å². The summed E-state index contributed by atoms with van der Waals surface area (Å²) in [4.78, 5) is 0. The summed E-state index contributed by atoms with van der Waals surface area (Å²) in [5.74, 6) is -0.805. The Labute approximate surface area is 121 Å². The Balaban J connectivity index is 2.14. The van der Waals surface area contributed by atoms with Gasteiger partial charge in [-0.2, -0.15) is 5.26 Å². The molecule has 0 aliphatic heterocycles. The van der Waals surface area contributed by atoms with Crippen LogP contribution in [0.1, 0.15) is 29.7 Å². The van der Waals surface area contributed by atoms with Crippen LogP contribution >= 0.6 is 0 Å². The SMILES string of the molecule is C[C@@H](N)c1ccc(OCc2cccc(C#N)c2F)cc1F. The van der Waals surface area contributed by atoms with Crippen molar-refractivity contribution in [3.63, 3.8) is 0 Å². The van der Waals surface area contributed by atoms with Gasteiger partial charge in [-0.05, 0) is 19.1 Å². The van der Waals surface area contributed by atoms with Crippen molar-refractivity contribution in [2.45, 2.75) is 19.6 Å². The lowest BCUT2D eigenvalue weighted by molar-refractivity contribution is 0.298. The van der Waals surface area contributed by atoms with Crippen molar-refractivity contribution < 1.29 is 13.5 Å². The number of hydrogen-bond acceptors (Lipinski definition) is 3. The van der Waals surface area contributed by atoms with E-state index < -0.39 is 17.7 Å². The summed E-state index contributed by atoms with van der Waals surface area (Å²) in [6, 6.07) is 10.1. The van der Waals surface area contributed by atoms with E-state index in [0.717, 1.165) is 0 Å². The molecule has 0 aliphatic rings. The second kappa shape index (κ2) is 6.33. The van der Waals surface area contributed by atoms with Crippen LogP contribution < -0.4 is 10.5 Å². The highest BCUT2D eigenvalue weighted by Gasteiger charge is 2.10. The summed E-state index contributed by atoms with van der Waals surface area (Å²) in [7, 11) is 0. The van der Waals surface area contributed by atoms with E-state index in [1.165, 1.54) is 24.3 Å². The summed E-state index contributed by atoms with van der Waals surface area (Å²) >= 11 is 0. The van der Waals surface area contributed by atoms with Crippen molar-refractivity contribution in [2.75, 3.05) is 0 Å². The Bertz CT molecular complexity index is 693. The van der Waals surface area contributed by atoms with Gasteiger partial charge in [-0.3, -0.25) is 0 Å². The highest BCUT2D eigenvalue weighted by molar-refractivity contribution is 5.35. The van der Waals surface area contributed by atoms with E-state index in [-0.39, 0.29) is 23.5 Å². The molecule has 2 aromatic carbocycles. The average Bonchev–Trinajstić information content (AvgIpc) is 2.46. The van der Waals surface area contributed by atoms with Crippen molar-refractivity contribution in [1.29, 1.82) is 5.26 Å². The first-order chi connectivity index (χ1) is 10.0. The summed E-state index contributed by atoms with van der Waals surface area (Å²) in [5, 5.41) is 8.75. The molecule has 1 atom stereocenters. The van der Waals surface area contributed by atoms with E-state index in [1.807, 2.05) is 0 Å². The summed E-state index contributed by atoms with van der Waals surface area (Å²) in [5.41, 5.74) is 6.20. The number of halogens is 2. The van der Waals surface area contributed by atoms with Crippen LogP contribution in [0.3, 0.4) is 0 Å². The molecule has 108 valence electrons. The van der Waals surface area contributed by atoms with Gasteiger partial charge in [0.1, 0.15) is 30.1 Å². The molecule has 0 saturated carbocycles. The number of nitrogens with two attached hydrogens (primary N) is 1. The molecule has 0 fully saturated rings. The highest BCUT2D eigenvalue weighted by atomic mass is 19.1. The third kappa shape index (κ3) is 3.36. The monoisotopic (exact) mass is 288 g/mol. The molecule has 0 saturated heterocycles. The molecule has 0 aromatic heterocycles. The Morgan fingerprint density at radius 1 is 1.29 bits per heavy atom. The summed E-state index contributed by atoms with van der Waals surface area (Å²) < 4.78 is 32.9. The molecule has 0 bridgehead atoms. The van der Waals surface area contributed by atoms with Gasteiger partial charge >= 0.3 is 0 Å². The quantitative estimate of drug-likeness (QED) is 0.937. The van der Waals surface area contributed by atoms with Crippen LogP contribution in [0.5, 0.6) is 5.75 Å². The molecule has 21 heavy (non-hydrogen) atoms. The van der Waals surface area contributed by atoms with E-state index in [4.69, 9.17) is 15.7 Å². The van der Waals surface area contributed by atoms with Gasteiger partial charge in [-0.1, -0.05) is 18.2 Å². The second-order valence-corrected chi connectivity index (χ2v) is 4.65. The zero-order valence-corrected chi connectivity index (χ0v) is 11.4. The molecule has 0 aliphatic carbocycles. The Hall–Kier alpha value is -2.45. The lowest BCUT2D eigenvalue weighted by Gasteiger charge is -2.11. The lowest BCUT2D eigenvalue weighted by Crippen LogP contribution is -2.07. The number of ether oxygens (including phenoxy) is 1. The van der Waals surface area contributed by atoms with Crippen molar-refractivity contribution >= 4 is 0 Å². The molecular weight excluding hydrogens is 274 g/mol. The van der Waals surface area contributed by atoms with Gasteiger partial charge in [0.25, 0.3) is 0 Å². The first-order valence-electron chi connectivity index (χ1n) is 6.38. The van der Waals surface area contributed by atoms with E-state index in [2.05, 4.69) is 0 Å². The number of nitrogens with zero attached hydrogens (tertiary/aromatic N) is 1. The Morgan fingerprint density at radius 3 is 2.67 bits per heavy atom. The van der Waals surface area contributed by atoms with Gasteiger partial charge in [0.2, 0.25) is 0 Å². The van der Waals surface area contributed by atoms with Crippen LogP contribution in [0.4, 0.5) is 8.78 Å². The maximum Gasteiger partial charge on any atom is 0.147 e. The zero-order chi connectivity index (χ0) is 15.4. The third-order valence-electron chi connectivity index (χ3n) is 3.06. The van der Waals surface area contributed by atoms with E-state index in [9.17, 15) is 8.78 Å². The van der Waals surface area contributed by atoms with Crippen molar-refractivity contribution in [1.82, 2.24) is 0 Å². The fourth-order valence-electron chi connectivity index (χ4n) is 1.91. The van der Waals surface area contributed by atoms with Gasteiger partial charge in [0, 0.05) is 23.2 Å². The van der Waals surface area contributed by atoms with Crippen molar-refractivity contribution in [3.05, 3.63) is 64.7 Å². The molecule has 0 spiro atoms. The zero-order valence-electron chi connectivity index (χ0n) is 11.4. The van der Waals surface area contributed by atoms with E-state index in [0.29, 0.717) is 5.56 Å². The van der Waals surface area contributed by atoms with E-state index in [1.54, 1.807) is 25.1 Å². The van der Waals surface area contributed by atoms with Crippen LogP contribution in [0, 0.1) is 23.0 Å². The molecular formula is C16H14F2N2O. The minimum atomic E-state index is -0.618. The van der Waals surface area contributed by atoms with Gasteiger partial charge in [0.05, 0.1) is 5.56 Å².